The van der Waals surface area contributed by atoms with Gasteiger partial charge < -0.3 is 15.0 Å². The number of hydrogen-bond acceptors (Lipinski definition) is 3. The number of carbonyl (C=O) groups excluding carboxylic acids is 1. The Hall–Kier alpha value is -2.73. The van der Waals surface area contributed by atoms with Gasteiger partial charge in [0.1, 0.15) is 24.8 Å². The number of amides is 1. The van der Waals surface area contributed by atoms with E-state index < -0.39 is 0 Å². The van der Waals surface area contributed by atoms with Gasteiger partial charge in [-0.2, -0.15) is 0 Å². The molecule has 118 valence electrons. The summed E-state index contributed by atoms with van der Waals surface area (Å²) in [5.74, 6) is -0.199. The molecule has 3 rings (SSSR count). The molecule has 0 unspecified atom stereocenters. The van der Waals surface area contributed by atoms with Gasteiger partial charge in [-0.1, -0.05) is 30.3 Å². The van der Waals surface area contributed by atoms with Crippen LogP contribution in [0.2, 0.25) is 0 Å². The van der Waals surface area contributed by atoms with Crippen LogP contribution in [0.1, 0.15) is 11.4 Å². The number of fused-ring (bicyclic) bond motifs is 1. The molecule has 6 heteroatoms. The lowest BCUT2D eigenvalue weighted by Crippen LogP contribution is -2.28. The van der Waals surface area contributed by atoms with Crippen LogP contribution in [0.3, 0.4) is 0 Å². The Labute approximate surface area is 132 Å². The molecule has 0 fully saturated rings. The Balaban J connectivity index is 1.74. The predicted molar refractivity (Wildman–Crippen MR) is 83.9 cm³/mol. The zero-order valence-corrected chi connectivity index (χ0v) is 12.4. The van der Waals surface area contributed by atoms with Gasteiger partial charge in [0.15, 0.2) is 0 Å². The van der Waals surface area contributed by atoms with Crippen LogP contribution in [0, 0.1) is 5.82 Å². The number of hydrogen-bond donors (Lipinski definition) is 2. The second-order valence-electron chi connectivity index (χ2n) is 5.13. The number of carbonyl (C=O) groups is 1. The molecule has 2 aromatic carbocycles. The maximum Gasteiger partial charge on any atom is 0.240 e. The number of nitrogens with zero attached hydrogens (tertiary/aromatic N) is 2. The summed E-state index contributed by atoms with van der Waals surface area (Å²) < 4.78 is 15.2. The van der Waals surface area contributed by atoms with Gasteiger partial charge in [0, 0.05) is 12.1 Å². The zero-order chi connectivity index (χ0) is 16.2. The Kier molecular flexibility index (Phi) is 4.34. The highest BCUT2D eigenvalue weighted by Crippen LogP contribution is 2.16. The number of aromatic nitrogens is 2. The first kappa shape index (κ1) is 15.2. The fourth-order valence-corrected chi connectivity index (χ4v) is 2.46. The average molecular weight is 313 g/mol. The first-order chi connectivity index (χ1) is 11.2. The molecule has 2 N–H and O–H groups in total. The molecule has 23 heavy (non-hydrogen) atoms. The highest BCUT2D eigenvalue weighted by atomic mass is 19.1. The molecule has 1 amide bonds. The summed E-state index contributed by atoms with van der Waals surface area (Å²) >= 11 is 0. The first-order valence-electron chi connectivity index (χ1n) is 7.24. The third kappa shape index (κ3) is 3.22. The minimum absolute atomic E-state index is 0.0187. The largest absolute Gasteiger partial charge is 0.388 e. The lowest BCUT2D eigenvalue weighted by Gasteiger charge is -2.09. The van der Waals surface area contributed by atoms with E-state index in [1.54, 1.807) is 22.8 Å². The summed E-state index contributed by atoms with van der Waals surface area (Å²) in [5.41, 5.74) is 1.93. The lowest BCUT2D eigenvalue weighted by atomic mass is 10.2. The maximum atomic E-state index is 13.5. The lowest BCUT2D eigenvalue weighted by molar-refractivity contribution is -0.121. The van der Waals surface area contributed by atoms with Gasteiger partial charge in [0.2, 0.25) is 5.91 Å². The summed E-state index contributed by atoms with van der Waals surface area (Å²) in [6, 6.07) is 13.7. The predicted octanol–water partition coefficient (Wildman–Crippen LogP) is 1.98. The van der Waals surface area contributed by atoms with E-state index in [0.29, 0.717) is 11.4 Å². The van der Waals surface area contributed by atoms with E-state index in [4.69, 9.17) is 0 Å². The normalized spacial score (nSPS) is 10.9. The number of aliphatic hydroxyl groups excluding tert-OH is 1. The molecule has 1 heterocycles. The van der Waals surface area contributed by atoms with Crippen molar-refractivity contribution in [3.63, 3.8) is 0 Å². The van der Waals surface area contributed by atoms with Gasteiger partial charge >= 0.3 is 0 Å². The van der Waals surface area contributed by atoms with Crippen molar-refractivity contribution < 1.29 is 14.3 Å². The van der Waals surface area contributed by atoms with Crippen molar-refractivity contribution in [2.24, 2.45) is 0 Å². The van der Waals surface area contributed by atoms with Crippen molar-refractivity contribution in [1.29, 1.82) is 0 Å². The van der Waals surface area contributed by atoms with Crippen molar-refractivity contribution in [2.45, 2.75) is 19.7 Å². The summed E-state index contributed by atoms with van der Waals surface area (Å²) in [7, 11) is 0. The number of rotatable bonds is 5. The van der Waals surface area contributed by atoms with Gasteiger partial charge in [0.05, 0.1) is 11.0 Å². The van der Waals surface area contributed by atoms with Crippen LogP contribution in [0.25, 0.3) is 11.0 Å². The fourth-order valence-electron chi connectivity index (χ4n) is 2.46. The number of imidazole rings is 1. The number of benzene rings is 2. The molecular weight excluding hydrogens is 297 g/mol. The molecule has 0 aliphatic rings. The Bertz CT molecular complexity index is 845. The van der Waals surface area contributed by atoms with Gasteiger partial charge in [0.25, 0.3) is 0 Å². The van der Waals surface area contributed by atoms with Gasteiger partial charge in [-0.25, -0.2) is 9.37 Å². The Morgan fingerprint density at radius 1 is 1.17 bits per heavy atom. The minimum Gasteiger partial charge on any atom is -0.388 e. The average Bonchev–Trinajstić information content (AvgIpc) is 2.92. The molecule has 1 aromatic heterocycles. The molecule has 0 radical (unpaired) electrons. The van der Waals surface area contributed by atoms with Crippen molar-refractivity contribution in [1.82, 2.24) is 14.9 Å². The van der Waals surface area contributed by atoms with Gasteiger partial charge in [-0.05, 0) is 18.2 Å². The van der Waals surface area contributed by atoms with E-state index in [1.807, 2.05) is 24.3 Å². The highest BCUT2D eigenvalue weighted by Gasteiger charge is 2.13. The minimum atomic E-state index is -0.350. The van der Waals surface area contributed by atoms with Crippen molar-refractivity contribution in [2.75, 3.05) is 0 Å². The number of nitrogens with one attached hydrogen (secondary N) is 1. The second kappa shape index (κ2) is 6.58. The topological polar surface area (TPSA) is 67.2 Å². The number of halogens is 1. The first-order valence-corrected chi connectivity index (χ1v) is 7.24. The highest BCUT2D eigenvalue weighted by molar-refractivity contribution is 5.81. The summed E-state index contributed by atoms with van der Waals surface area (Å²) in [6.07, 6.45) is 0. The van der Waals surface area contributed by atoms with Crippen LogP contribution < -0.4 is 5.32 Å². The molecular formula is C17H16FN3O2. The summed E-state index contributed by atoms with van der Waals surface area (Å²) in [6.45, 7) is -0.118. The number of para-hydroxylation sites is 2. The van der Waals surface area contributed by atoms with Crippen LogP contribution in [0.5, 0.6) is 0 Å². The van der Waals surface area contributed by atoms with E-state index >= 15 is 0 Å². The standard InChI is InChI=1S/C17H16FN3O2/c18-13-6-2-1-5-12(13)9-19-17(23)10-21-15-8-4-3-7-14(15)20-16(21)11-22/h1-8,22H,9-11H2,(H,19,23). The smallest absolute Gasteiger partial charge is 0.240 e. The summed E-state index contributed by atoms with van der Waals surface area (Å²) in [5, 5.41) is 12.1. The SMILES string of the molecule is O=C(Cn1c(CO)nc2ccccc21)NCc1ccccc1F. The monoisotopic (exact) mass is 313 g/mol. The third-order valence-corrected chi connectivity index (χ3v) is 3.61. The van der Waals surface area contributed by atoms with Crippen molar-refractivity contribution in [3.05, 3.63) is 65.7 Å². The molecule has 0 spiro atoms. The van der Waals surface area contributed by atoms with Crippen molar-refractivity contribution in [3.8, 4) is 0 Å². The third-order valence-electron chi connectivity index (χ3n) is 3.61. The van der Waals surface area contributed by atoms with Gasteiger partial charge in [-0.15, -0.1) is 0 Å². The van der Waals surface area contributed by atoms with E-state index in [1.165, 1.54) is 6.07 Å². The van der Waals surface area contributed by atoms with E-state index in [0.717, 1.165) is 11.0 Å². The molecule has 0 saturated heterocycles. The van der Waals surface area contributed by atoms with Crippen molar-refractivity contribution >= 4 is 16.9 Å². The van der Waals surface area contributed by atoms with Crippen LogP contribution in [0.4, 0.5) is 4.39 Å². The van der Waals surface area contributed by atoms with Crippen LogP contribution >= 0.6 is 0 Å². The van der Waals surface area contributed by atoms with E-state index in [-0.39, 0.29) is 31.4 Å². The van der Waals surface area contributed by atoms with Crippen LogP contribution in [-0.4, -0.2) is 20.6 Å². The quantitative estimate of drug-likeness (QED) is 0.757. The van der Waals surface area contributed by atoms with E-state index in [2.05, 4.69) is 10.3 Å². The Morgan fingerprint density at radius 3 is 2.70 bits per heavy atom. The van der Waals surface area contributed by atoms with E-state index in [9.17, 15) is 14.3 Å². The molecule has 0 bridgehead atoms. The Morgan fingerprint density at radius 2 is 1.91 bits per heavy atom. The molecule has 5 nitrogen and oxygen atoms in total. The van der Waals surface area contributed by atoms with Crippen LogP contribution in [0.15, 0.2) is 48.5 Å². The maximum absolute atomic E-state index is 13.5. The van der Waals surface area contributed by atoms with Crippen LogP contribution in [-0.2, 0) is 24.5 Å². The molecule has 0 aliphatic heterocycles. The second-order valence-corrected chi connectivity index (χ2v) is 5.13. The molecule has 3 aromatic rings. The summed E-state index contributed by atoms with van der Waals surface area (Å²) in [4.78, 5) is 16.4. The molecule has 0 aliphatic carbocycles. The van der Waals surface area contributed by atoms with Gasteiger partial charge in [-0.3, -0.25) is 4.79 Å². The zero-order valence-electron chi connectivity index (χ0n) is 12.4. The molecule has 0 atom stereocenters. The molecule has 0 saturated carbocycles. The fraction of sp³-hybridized carbons (Fsp3) is 0.176. The number of aliphatic hydroxyl groups is 1.